The third kappa shape index (κ3) is 3.47. The molecule has 1 saturated carbocycles. The number of para-hydroxylation sites is 1. The third-order valence-corrected chi connectivity index (χ3v) is 4.52. The standard InChI is InChI=1S/C17H23N3O2/c1-13(16(21)18-15-5-3-2-4-6-15)19-9-11-20(12-10-19)17(22)14-7-8-14/h2-6,13-14H,7-12H2,1H3,(H,18,21)/t13-/m0/s1. The molecule has 1 aliphatic carbocycles. The summed E-state index contributed by atoms with van der Waals surface area (Å²) in [4.78, 5) is 28.5. The number of nitrogens with one attached hydrogen (secondary N) is 1. The Bertz CT molecular complexity index is 534. The minimum Gasteiger partial charge on any atom is -0.340 e. The Hall–Kier alpha value is -1.88. The van der Waals surface area contributed by atoms with Gasteiger partial charge in [-0.25, -0.2) is 0 Å². The van der Waals surface area contributed by atoms with Gasteiger partial charge >= 0.3 is 0 Å². The number of carbonyl (C=O) groups is 2. The number of anilines is 1. The van der Waals surface area contributed by atoms with E-state index < -0.39 is 0 Å². The zero-order chi connectivity index (χ0) is 15.5. The molecular formula is C17H23N3O2. The van der Waals surface area contributed by atoms with Crippen LogP contribution in [0, 0.1) is 5.92 Å². The topological polar surface area (TPSA) is 52.7 Å². The van der Waals surface area contributed by atoms with E-state index in [4.69, 9.17) is 0 Å². The van der Waals surface area contributed by atoms with Crippen LogP contribution in [0.5, 0.6) is 0 Å². The lowest BCUT2D eigenvalue weighted by atomic mass is 10.2. The van der Waals surface area contributed by atoms with Crippen molar-refractivity contribution >= 4 is 17.5 Å². The maximum absolute atomic E-state index is 12.3. The molecule has 5 heteroatoms. The van der Waals surface area contributed by atoms with Crippen molar-refractivity contribution in [2.75, 3.05) is 31.5 Å². The fraction of sp³-hybridized carbons (Fsp3) is 0.529. The number of hydrogen-bond donors (Lipinski definition) is 1. The summed E-state index contributed by atoms with van der Waals surface area (Å²) in [7, 11) is 0. The van der Waals surface area contributed by atoms with E-state index in [1.165, 1.54) is 0 Å². The molecule has 1 aromatic carbocycles. The summed E-state index contributed by atoms with van der Waals surface area (Å²) in [6.07, 6.45) is 2.10. The molecule has 1 atom stereocenters. The van der Waals surface area contributed by atoms with Gasteiger partial charge < -0.3 is 10.2 Å². The van der Waals surface area contributed by atoms with Crippen LogP contribution in [0.1, 0.15) is 19.8 Å². The van der Waals surface area contributed by atoms with Gasteiger partial charge in [0.05, 0.1) is 6.04 Å². The number of rotatable bonds is 4. The molecule has 0 unspecified atom stereocenters. The number of carbonyl (C=O) groups excluding carboxylic acids is 2. The minimum absolute atomic E-state index is 0.00756. The van der Waals surface area contributed by atoms with Gasteiger partial charge in [0.2, 0.25) is 11.8 Å². The van der Waals surface area contributed by atoms with Gasteiger partial charge in [0.25, 0.3) is 0 Å². The lowest BCUT2D eigenvalue weighted by Crippen LogP contribution is -2.54. The largest absolute Gasteiger partial charge is 0.340 e. The number of piperazine rings is 1. The summed E-state index contributed by atoms with van der Waals surface area (Å²) in [6.45, 7) is 4.93. The van der Waals surface area contributed by atoms with Gasteiger partial charge in [-0.1, -0.05) is 18.2 Å². The molecule has 2 aliphatic rings. The molecule has 2 fully saturated rings. The monoisotopic (exact) mass is 301 g/mol. The lowest BCUT2D eigenvalue weighted by molar-refractivity contribution is -0.135. The van der Waals surface area contributed by atoms with Crippen molar-refractivity contribution in [1.29, 1.82) is 0 Å². The molecule has 2 amide bonds. The van der Waals surface area contributed by atoms with Crippen LogP contribution in [0.15, 0.2) is 30.3 Å². The summed E-state index contributed by atoms with van der Waals surface area (Å²) in [5, 5.41) is 2.94. The summed E-state index contributed by atoms with van der Waals surface area (Å²) >= 11 is 0. The molecule has 1 aromatic rings. The highest BCUT2D eigenvalue weighted by molar-refractivity contribution is 5.94. The quantitative estimate of drug-likeness (QED) is 0.918. The van der Waals surface area contributed by atoms with Crippen LogP contribution >= 0.6 is 0 Å². The second-order valence-electron chi connectivity index (χ2n) is 6.17. The van der Waals surface area contributed by atoms with Crippen molar-refractivity contribution in [3.05, 3.63) is 30.3 Å². The van der Waals surface area contributed by atoms with Gasteiger partial charge in [-0.15, -0.1) is 0 Å². The first-order chi connectivity index (χ1) is 10.6. The maximum Gasteiger partial charge on any atom is 0.241 e. The highest BCUT2D eigenvalue weighted by atomic mass is 16.2. The average molecular weight is 301 g/mol. The number of benzene rings is 1. The minimum atomic E-state index is -0.182. The van der Waals surface area contributed by atoms with Crippen LogP contribution < -0.4 is 5.32 Å². The van der Waals surface area contributed by atoms with Crippen LogP contribution in [-0.2, 0) is 9.59 Å². The molecule has 3 rings (SSSR count). The zero-order valence-electron chi connectivity index (χ0n) is 13.0. The van der Waals surface area contributed by atoms with Crippen molar-refractivity contribution in [2.45, 2.75) is 25.8 Å². The summed E-state index contributed by atoms with van der Waals surface area (Å²) < 4.78 is 0. The third-order valence-electron chi connectivity index (χ3n) is 4.52. The van der Waals surface area contributed by atoms with E-state index >= 15 is 0 Å². The van der Waals surface area contributed by atoms with Crippen LogP contribution in [0.2, 0.25) is 0 Å². The van der Waals surface area contributed by atoms with Gasteiger partial charge in [0.1, 0.15) is 0 Å². The van der Waals surface area contributed by atoms with E-state index in [9.17, 15) is 9.59 Å². The zero-order valence-corrected chi connectivity index (χ0v) is 13.0. The predicted molar refractivity (Wildman–Crippen MR) is 85.4 cm³/mol. The van der Waals surface area contributed by atoms with Crippen LogP contribution in [0.4, 0.5) is 5.69 Å². The first-order valence-corrected chi connectivity index (χ1v) is 8.04. The summed E-state index contributed by atoms with van der Waals surface area (Å²) in [5.41, 5.74) is 0.821. The smallest absolute Gasteiger partial charge is 0.241 e. The van der Waals surface area contributed by atoms with Gasteiger partial charge in [0, 0.05) is 37.8 Å². The fourth-order valence-corrected chi connectivity index (χ4v) is 2.85. The molecule has 1 N–H and O–H groups in total. The fourth-order valence-electron chi connectivity index (χ4n) is 2.85. The number of hydrogen-bond acceptors (Lipinski definition) is 3. The number of amides is 2. The predicted octanol–water partition coefficient (Wildman–Crippen LogP) is 1.57. The van der Waals surface area contributed by atoms with Gasteiger partial charge in [0.15, 0.2) is 0 Å². The van der Waals surface area contributed by atoms with Gasteiger partial charge in [-0.3, -0.25) is 14.5 Å². The Kier molecular flexibility index (Phi) is 4.43. The van der Waals surface area contributed by atoms with Crippen molar-refractivity contribution in [3.8, 4) is 0 Å². The molecule has 0 spiro atoms. The summed E-state index contributed by atoms with van der Waals surface area (Å²) in [6, 6.07) is 9.33. The van der Waals surface area contributed by atoms with Gasteiger partial charge in [-0.05, 0) is 31.9 Å². The Morgan fingerprint density at radius 1 is 1.09 bits per heavy atom. The van der Waals surface area contributed by atoms with Crippen LogP contribution in [0.25, 0.3) is 0 Å². The molecule has 22 heavy (non-hydrogen) atoms. The molecule has 5 nitrogen and oxygen atoms in total. The normalized spacial score (nSPS) is 20.5. The van der Waals surface area contributed by atoms with E-state index in [2.05, 4.69) is 10.2 Å². The highest BCUT2D eigenvalue weighted by Gasteiger charge is 2.35. The second-order valence-corrected chi connectivity index (χ2v) is 6.17. The van der Waals surface area contributed by atoms with Crippen molar-refractivity contribution in [3.63, 3.8) is 0 Å². The molecule has 1 saturated heterocycles. The molecule has 0 bridgehead atoms. The Balaban J connectivity index is 1.49. The van der Waals surface area contributed by atoms with E-state index in [1.54, 1.807) is 0 Å². The molecule has 1 heterocycles. The average Bonchev–Trinajstić information content (AvgIpc) is 3.39. The summed E-state index contributed by atoms with van der Waals surface area (Å²) in [5.74, 6) is 0.597. The van der Waals surface area contributed by atoms with Gasteiger partial charge in [-0.2, -0.15) is 0 Å². The van der Waals surface area contributed by atoms with Crippen molar-refractivity contribution < 1.29 is 9.59 Å². The Morgan fingerprint density at radius 2 is 1.73 bits per heavy atom. The highest BCUT2D eigenvalue weighted by Crippen LogP contribution is 2.31. The van der Waals surface area contributed by atoms with E-state index in [1.807, 2.05) is 42.2 Å². The van der Waals surface area contributed by atoms with Crippen LogP contribution in [-0.4, -0.2) is 53.8 Å². The second kappa shape index (κ2) is 6.48. The molecule has 0 aromatic heterocycles. The first-order valence-electron chi connectivity index (χ1n) is 8.04. The van der Waals surface area contributed by atoms with Crippen molar-refractivity contribution in [2.24, 2.45) is 5.92 Å². The Morgan fingerprint density at radius 3 is 2.32 bits per heavy atom. The molecular weight excluding hydrogens is 278 g/mol. The Labute approximate surface area is 131 Å². The van der Waals surface area contributed by atoms with Crippen LogP contribution in [0.3, 0.4) is 0 Å². The van der Waals surface area contributed by atoms with Crippen molar-refractivity contribution in [1.82, 2.24) is 9.80 Å². The number of nitrogens with zero attached hydrogens (tertiary/aromatic N) is 2. The SMILES string of the molecule is C[C@@H](C(=O)Nc1ccccc1)N1CCN(C(=O)C2CC2)CC1. The lowest BCUT2D eigenvalue weighted by Gasteiger charge is -2.37. The van der Waals surface area contributed by atoms with E-state index in [0.717, 1.165) is 44.7 Å². The molecule has 1 aliphatic heterocycles. The van der Waals surface area contributed by atoms with E-state index in [-0.39, 0.29) is 17.9 Å². The first kappa shape index (κ1) is 15.0. The molecule has 118 valence electrons. The van der Waals surface area contributed by atoms with E-state index in [0.29, 0.717) is 5.91 Å². The molecule has 0 radical (unpaired) electrons. The maximum atomic E-state index is 12.3.